The van der Waals surface area contributed by atoms with Crippen molar-refractivity contribution in [3.8, 4) is 0 Å². The van der Waals surface area contributed by atoms with E-state index in [0.717, 1.165) is 12.8 Å². The number of amides is 1. The van der Waals surface area contributed by atoms with E-state index in [-0.39, 0.29) is 22.4 Å². The van der Waals surface area contributed by atoms with Crippen molar-refractivity contribution in [2.45, 2.75) is 44.6 Å². The number of hydrogen-bond donors (Lipinski definition) is 3. The van der Waals surface area contributed by atoms with Crippen molar-refractivity contribution in [2.75, 3.05) is 5.32 Å². The lowest BCUT2D eigenvalue weighted by Gasteiger charge is -2.09. The summed E-state index contributed by atoms with van der Waals surface area (Å²) >= 11 is 0. The molecule has 2 aromatic rings. The molecule has 138 valence electrons. The number of anilines is 1. The second kappa shape index (κ2) is 6.69. The van der Waals surface area contributed by atoms with Gasteiger partial charge in [0.2, 0.25) is 10.0 Å². The number of aromatic amines is 1. The summed E-state index contributed by atoms with van der Waals surface area (Å²) in [6, 6.07) is 6.10. The standard InChI is InChI=1S/C18H21N3O4S/c1-10-16(12(3)22)11(2)19-17(10)18(23)20-14-5-4-6-15(9-14)26(24,25)21-13-7-8-13/h4-6,9,13,19,21H,7-8H2,1-3H3,(H,20,23). The fraction of sp³-hybridized carbons (Fsp3) is 0.333. The van der Waals surface area contributed by atoms with E-state index in [4.69, 9.17) is 0 Å². The Morgan fingerprint density at radius 3 is 2.46 bits per heavy atom. The fourth-order valence-corrected chi connectivity index (χ4v) is 4.28. The minimum atomic E-state index is -3.60. The Balaban J connectivity index is 1.83. The van der Waals surface area contributed by atoms with Crippen LogP contribution in [-0.2, 0) is 10.0 Å². The maximum absolute atomic E-state index is 12.6. The number of sulfonamides is 1. The van der Waals surface area contributed by atoms with Crippen LogP contribution in [0, 0.1) is 13.8 Å². The Hall–Kier alpha value is -2.45. The first-order valence-electron chi connectivity index (χ1n) is 8.33. The number of carbonyl (C=O) groups excluding carboxylic acids is 2. The zero-order chi connectivity index (χ0) is 19.1. The molecule has 3 N–H and O–H groups in total. The van der Waals surface area contributed by atoms with Crippen LogP contribution in [-0.4, -0.2) is 31.1 Å². The molecule has 1 fully saturated rings. The van der Waals surface area contributed by atoms with Crippen LogP contribution < -0.4 is 10.0 Å². The largest absolute Gasteiger partial charge is 0.354 e. The van der Waals surface area contributed by atoms with Crippen molar-refractivity contribution in [3.05, 3.63) is 46.8 Å². The molecule has 0 saturated heterocycles. The van der Waals surface area contributed by atoms with Crippen molar-refractivity contribution in [1.29, 1.82) is 0 Å². The Bertz CT molecular complexity index is 988. The van der Waals surface area contributed by atoms with E-state index in [0.29, 0.717) is 22.5 Å². The van der Waals surface area contributed by atoms with Gasteiger partial charge in [-0.2, -0.15) is 0 Å². The van der Waals surface area contributed by atoms with Gasteiger partial charge in [-0.05, 0) is 57.4 Å². The predicted molar refractivity (Wildman–Crippen MR) is 98.0 cm³/mol. The third-order valence-electron chi connectivity index (χ3n) is 4.32. The molecule has 8 heteroatoms. The van der Waals surface area contributed by atoms with Gasteiger partial charge in [-0.1, -0.05) is 6.07 Å². The van der Waals surface area contributed by atoms with Crippen LogP contribution in [0.15, 0.2) is 29.2 Å². The lowest BCUT2D eigenvalue weighted by molar-refractivity contribution is 0.101. The molecule has 3 rings (SSSR count). The van der Waals surface area contributed by atoms with Gasteiger partial charge in [0.1, 0.15) is 5.69 Å². The molecule has 0 radical (unpaired) electrons. The van der Waals surface area contributed by atoms with E-state index in [1.54, 1.807) is 26.0 Å². The van der Waals surface area contributed by atoms with Gasteiger partial charge in [-0.15, -0.1) is 0 Å². The molecule has 26 heavy (non-hydrogen) atoms. The number of nitrogens with one attached hydrogen (secondary N) is 3. The highest BCUT2D eigenvalue weighted by Gasteiger charge is 2.28. The second-order valence-corrected chi connectivity index (χ2v) is 8.27. The van der Waals surface area contributed by atoms with E-state index in [1.807, 2.05) is 0 Å². The highest BCUT2D eigenvalue weighted by atomic mass is 32.2. The summed E-state index contributed by atoms with van der Waals surface area (Å²) in [6.07, 6.45) is 1.69. The molecule has 1 aliphatic carbocycles. The van der Waals surface area contributed by atoms with E-state index in [9.17, 15) is 18.0 Å². The van der Waals surface area contributed by atoms with Crippen LogP contribution in [0.25, 0.3) is 0 Å². The SMILES string of the molecule is CC(=O)c1c(C)[nH]c(C(=O)Nc2cccc(S(=O)(=O)NC3CC3)c2)c1C. The fourth-order valence-electron chi connectivity index (χ4n) is 2.93. The number of benzene rings is 1. The third-order valence-corrected chi connectivity index (χ3v) is 5.84. The Morgan fingerprint density at radius 2 is 1.88 bits per heavy atom. The summed E-state index contributed by atoms with van der Waals surface area (Å²) in [5.74, 6) is -0.544. The zero-order valence-corrected chi connectivity index (χ0v) is 15.7. The normalized spacial score (nSPS) is 14.3. The van der Waals surface area contributed by atoms with Gasteiger partial charge < -0.3 is 10.3 Å². The number of ketones is 1. The van der Waals surface area contributed by atoms with E-state index in [2.05, 4.69) is 15.0 Å². The van der Waals surface area contributed by atoms with Crippen molar-refractivity contribution in [1.82, 2.24) is 9.71 Å². The monoisotopic (exact) mass is 375 g/mol. The number of aryl methyl sites for hydroxylation is 1. The molecule has 1 aromatic carbocycles. The van der Waals surface area contributed by atoms with Gasteiger partial charge in [0.15, 0.2) is 5.78 Å². The molecule has 0 unspecified atom stereocenters. The number of rotatable bonds is 6. The summed E-state index contributed by atoms with van der Waals surface area (Å²) in [7, 11) is -3.60. The number of carbonyl (C=O) groups is 2. The lowest BCUT2D eigenvalue weighted by atomic mass is 10.1. The molecule has 7 nitrogen and oxygen atoms in total. The Kier molecular flexibility index (Phi) is 4.72. The molecule has 1 aromatic heterocycles. The van der Waals surface area contributed by atoms with Crippen LogP contribution in [0.5, 0.6) is 0 Å². The Morgan fingerprint density at radius 1 is 1.19 bits per heavy atom. The molecular formula is C18H21N3O4S. The predicted octanol–water partition coefficient (Wildman–Crippen LogP) is 2.53. The van der Waals surface area contributed by atoms with Crippen molar-refractivity contribution in [3.63, 3.8) is 0 Å². The lowest BCUT2D eigenvalue weighted by Crippen LogP contribution is -2.25. The highest BCUT2D eigenvalue weighted by molar-refractivity contribution is 7.89. The first-order valence-corrected chi connectivity index (χ1v) is 9.81. The number of Topliss-reactive ketones (excluding diaryl/α,β-unsaturated/α-hetero) is 1. The summed E-state index contributed by atoms with van der Waals surface area (Å²) in [5.41, 5.74) is 2.36. The topological polar surface area (TPSA) is 108 Å². The highest BCUT2D eigenvalue weighted by Crippen LogP contribution is 2.24. The van der Waals surface area contributed by atoms with Crippen molar-refractivity contribution >= 4 is 27.4 Å². The van der Waals surface area contributed by atoms with E-state index < -0.39 is 15.9 Å². The molecule has 1 heterocycles. The Labute approximate surface area is 152 Å². The number of hydrogen-bond acceptors (Lipinski definition) is 4. The van der Waals surface area contributed by atoms with Gasteiger partial charge in [0.05, 0.1) is 4.90 Å². The van der Waals surface area contributed by atoms with Crippen molar-refractivity contribution in [2.24, 2.45) is 0 Å². The quantitative estimate of drug-likeness (QED) is 0.674. The number of aromatic nitrogens is 1. The summed E-state index contributed by atoms with van der Waals surface area (Å²) in [4.78, 5) is 27.3. The van der Waals surface area contributed by atoms with Crippen LogP contribution in [0.3, 0.4) is 0 Å². The molecule has 0 bridgehead atoms. The maximum Gasteiger partial charge on any atom is 0.272 e. The van der Waals surface area contributed by atoms with Gasteiger partial charge >= 0.3 is 0 Å². The second-order valence-electron chi connectivity index (χ2n) is 6.56. The van der Waals surface area contributed by atoms with Crippen LogP contribution in [0.2, 0.25) is 0 Å². The van der Waals surface area contributed by atoms with E-state index >= 15 is 0 Å². The van der Waals surface area contributed by atoms with Crippen LogP contribution in [0.4, 0.5) is 5.69 Å². The molecule has 1 amide bonds. The molecule has 0 spiro atoms. The molecular weight excluding hydrogens is 354 g/mol. The van der Waals surface area contributed by atoms with E-state index in [1.165, 1.54) is 19.1 Å². The molecule has 1 saturated carbocycles. The first kappa shape index (κ1) is 18.3. The third kappa shape index (κ3) is 3.71. The smallest absolute Gasteiger partial charge is 0.272 e. The molecule has 1 aliphatic rings. The summed E-state index contributed by atoms with van der Waals surface area (Å²) in [5, 5.41) is 2.69. The van der Waals surface area contributed by atoms with Gasteiger partial charge in [-0.25, -0.2) is 13.1 Å². The minimum Gasteiger partial charge on any atom is -0.354 e. The zero-order valence-electron chi connectivity index (χ0n) is 14.8. The maximum atomic E-state index is 12.6. The summed E-state index contributed by atoms with van der Waals surface area (Å²) < 4.78 is 27.2. The van der Waals surface area contributed by atoms with Crippen LogP contribution in [0.1, 0.15) is 51.9 Å². The minimum absolute atomic E-state index is 0.00722. The van der Waals surface area contributed by atoms with Gasteiger partial charge in [0, 0.05) is 23.0 Å². The average molecular weight is 375 g/mol. The average Bonchev–Trinajstić information content (AvgIpc) is 3.29. The molecule has 0 atom stereocenters. The van der Waals surface area contributed by atoms with Gasteiger partial charge in [0.25, 0.3) is 5.91 Å². The van der Waals surface area contributed by atoms with Crippen molar-refractivity contribution < 1.29 is 18.0 Å². The summed E-state index contributed by atoms with van der Waals surface area (Å²) in [6.45, 7) is 4.89. The first-order chi connectivity index (χ1) is 12.2. The van der Waals surface area contributed by atoms with Gasteiger partial charge in [-0.3, -0.25) is 9.59 Å². The van der Waals surface area contributed by atoms with Crippen LogP contribution >= 0.6 is 0 Å². The molecule has 0 aliphatic heterocycles. The number of H-pyrrole nitrogens is 1.